The topological polar surface area (TPSA) is 0 Å². The van der Waals surface area contributed by atoms with Crippen LogP contribution in [0.4, 0.5) is 0 Å². The van der Waals surface area contributed by atoms with Gasteiger partial charge in [-0.15, -0.1) is 0 Å². The maximum atomic E-state index is 2.27. The standard InChI is InChI=1S/C12H13/c1-2-6-11(7-3-1)10-12-8-4-5-9-12/h1-4,6-8H,5,9-10H2. The minimum atomic E-state index is 1.14. The molecule has 2 rings (SSSR count). The number of benzene rings is 1. The van der Waals surface area contributed by atoms with Crippen molar-refractivity contribution < 1.29 is 0 Å². The highest BCUT2D eigenvalue weighted by molar-refractivity contribution is 5.26. The molecular weight excluding hydrogens is 144 g/mol. The van der Waals surface area contributed by atoms with Gasteiger partial charge in [0.15, 0.2) is 0 Å². The van der Waals surface area contributed by atoms with Crippen molar-refractivity contribution in [3.63, 3.8) is 0 Å². The predicted molar refractivity (Wildman–Crippen MR) is 51.8 cm³/mol. The summed E-state index contributed by atoms with van der Waals surface area (Å²) in [6.07, 6.45) is 8.17. The van der Waals surface area contributed by atoms with Gasteiger partial charge in [0.2, 0.25) is 0 Å². The third-order valence-corrected chi connectivity index (χ3v) is 2.26. The van der Waals surface area contributed by atoms with E-state index in [1.807, 2.05) is 0 Å². The first-order valence-corrected chi connectivity index (χ1v) is 4.50. The van der Waals surface area contributed by atoms with Crippen LogP contribution in [0.25, 0.3) is 0 Å². The number of hydrogen-bond acceptors (Lipinski definition) is 0. The van der Waals surface area contributed by atoms with E-state index in [0.29, 0.717) is 0 Å². The summed E-state index contributed by atoms with van der Waals surface area (Å²) in [5.74, 6) is 1.57. The minimum absolute atomic E-state index is 1.14. The van der Waals surface area contributed by atoms with Crippen molar-refractivity contribution in [2.75, 3.05) is 0 Å². The van der Waals surface area contributed by atoms with Crippen LogP contribution >= 0.6 is 0 Å². The highest BCUT2D eigenvalue weighted by Crippen LogP contribution is 2.23. The Morgan fingerprint density at radius 3 is 2.58 bits per heavy atom. The van der Waals surface area contributed by atoms with E-state index in [0.717, 1.165) is 6.42 Å². The van der Waals surface area contributed by atoms with Crippen LogP contribution < -0.4 is 0 Å². The Hall–Kier alpha value is -1.04. The zero-order valence-electron chi connectivity index (χ0n) is 7.16. The molecule has 12 heavy (non-hydrogen) atoms. The van der Waals surface area contributed by atoms with Gasteiger partial charge in [-0.3, -0.25) is 0 Å². The maximum Gasteiger partial charge on any atom is 0.00192 e. The Kier molecular flexibility index (Phi) is 2.26. The Morgan fingerprint density at radius 2 is 1.92 bits per heavy atom. The molecule has 0 saturated heterocycles. The molecule has 0 atom stereocenters. The van der Waals surface area contributed by atoms with Gasteiger partial charge in [0, 0.05) is 5.92 Å². The van der Waals surface area contributed by atoms with Crippen LogP contribution in [0.2, 0.25) is 0 Å². The van der Waals surface area contributed by atoms with Gasteiger partial charge in [-0.05, 0) is 24.8 Å². The summed E-state index contributed by atoms with van der Waals surface area (Å²) in [6.45, 7) is 0. The Bertz CT molecular complexity index is 259. The van der Waals surface area contributed by atoms with Crippen molar-refractivity contribution in [2.45, 2.75) is 19.3 Å². The summed E-state index contributed by atoms with van der Waals surface area (Å²) in [4.78, 5) is 0. The van der Waals surface area contributed by atoms with E-state index in [1.165, 1.54) is 18.4 Å². The zero-order chi connectivity index (χ0) is 8.23. The monoisotopic (exact) mass is 157 g/mol. The molecule has 1 aromatic carbocycles. The highest BCUT2D eigenvalue weighted by Gasteiger charge is 2.09. The average Bonchev–Trinajstić information content (AvgIpc) is 2.59. The molecule has 0 aromatic heterocycles. The first kappa shape index (κ1) is 7.60. The van der Waals surface area contributed by atoms with Crippen molar-refractivity contribution in [1.29, 1.82) is 0 Å². The first-order chi connectivity index (χ1) is 5.95. The second kappa shape index (κ2) is 3.57. The van der Waals surface area contributed by atoms with Crippen molar-refractivity contribution in [1.82, 2.24) is 0 Å². The SMILES string of the molecule is C1=C[C](Cc2ccccc2)CC1. The van der Waals surface area contributed by atoms with Gasteiger partial charge in [-0.1, -0.05) is 42.5 Å². The lowest BCUT2D eigenvalue weighted by Gasteiger charge is -2.05. The molecule has 0 nitrogen and oxygen atoms in total. The molecule has 0 amide bonds. The summed E-state index contributed by atoms with van der Waals surface area (Å²) in [5, 5.41) is 0. The Labute approximate surface area is 73.9 Å². The highest BCUT2D eigenvalue weighted by atomic mass is 14.1. The van der Waals surface area contributed by atoms with Crippen LogP contribution in [0.5, 0.6) is 0 Å². The molecule has 1 aliphatic carbocycles. The lowest BCUT2D eigenvalue weighted by atomic mass is 9.99. The number of hydrogen-bond donors (Lipinski definition) is 0. The van der Waals surface area contributed by atoms with Crippen LogP contribution in [0.3, 0.4) is 0 Å². The van der Waals surface area contributed by atoms with E-state index < -0.39 is 0 Å². The van der Waals surface area contributed by atoms with Gasteiger partial charge in [-0.25, -0.2) is 0 Å². The Balaban J connectivity index is 1.99. The maximum absolute atomic E-state index is 2.27. The lowest BCUT2D eigenvalue weighted by molar-refractivity contribution is 0.882. The molecular formula is C12H13. The summed E-state index contributed by atoms with van der Waals surface area (Å²) >= 11 is 0. The van der Waals surface area contributed by atoms with Crippen molar-refractivity contribution in [3.05, 3.63) is 54.0 Å². The number of allylic oxidation sites excluding steroid dienone is 2. The van der Waals surface area contributed by atoms with E-state index in [-0.39, 0.29) is 0 Å². The van der Waals surface area contributed by atoms with Crippen LogP contribution in [-0.2, 0) is 6.42 Å². The number of rotatable bonds is 2. The predicted octanol–water partition coefficient (Wildman–Crippen LogP) is 3.15. The van der Waals surface area contributed by atoms with Gasteiger partial charge in [0.05, 0.1) is 0 Å². The minimum Gasteiger partial charge on any atom is -0.0879 e. The van der Waals surface area contributed by atoms with Gasteiger partial charge >= 0.3 is 0 Å². The third kappa shape index (κ3) is 1.76. The zero-order valence-corrected chi connectivity index (χ0v) is 7.16. The molecule has 1 radical (unpaired) electrons. The lowest BCUT2D eigenvalue weighted by Crippen LogP contribution is -1.94. The quantitative estimate of drug-likeness (QED) is 0.618. The van der Waals surface area contributed by atoms with E-state index in [2.05, 4.69) is 42.5 Å². The van der Waals surface area contributed by atoms with E-state index >= 15 is 0 Å². The summed E-state index contributed by atoms with van der Waals surface area (Å²) in [6, 6.07) is 10.7. The molecule has 0 saturated carbocycles. The molecule has 0 heteroatoms. The van der Waals surface area contributed by atoms with Gasteiger partial charge in [0.1, 0.15) is 0 Å². The van der Waals surface area contributed by atoms with Crippen molar-refractivity contribution in [2.24, 2.45) is 0 Å². The second-order valence-corrected chi connectivity index (χ2v) is 3.26. The molecule has 0 N–H and O–H groups in total. The molecule has 0 fully saturated rings. The Morgan fingerprint density at radius 1 is 1.08 bits per heavy atom. The van der Waals surface area contributed by atoms with E-state index in [4.69, 9.17) is 0 Å². The van der Waals surface area contributed by atoms with Crippen LogP contribution in [-0.4, -0.2) is 0 Å². The van der Waals surface area contributed by atoms with Crippen LogP contribution in [0, 0.1) is 5.92 Å². The third-order valence-electron chi connectivity index (χ3n) is 2.26. The fourth-order valence-corrected chi connectivity index (χ4v) is 1.61. The molecule has 0 heterocycles. The van der Waals surface area contributed by atoms with Gasteiger partial charge < -0.3 is 0 Å². The summed E-state index contributed by atoms with van der Waals surface area (Å²) in [7, 11) is 0. The average molecular weight is 157 g/mol. The van der Waals surface area contributed by atoms with Gasteiger partial charge in [-0.2, -0.15) is 0 Å². The molecule has 61 valence electrons. The molecule has 0 unspecified atom stereocenters. The molecule has 0 bridgehead atoms. The fraction of sp³-hybridized carbons (Fsp3) is 0.250. The summed E-state index contributed by atoms with van der Waals surface area (Å²) < 4.78 is 0. The largest absolute Gasteiger partial charge is 0.0879 e. The first-order valence-electron chi connectivity index (χ1n) is 4.50. The normalized spacial score (nSPS) is 17.0. The van der Waals surface area contributed by atoms with Crippen molar-refractivity contribution >= 4 is 0 Å². The molecule has 1 aliphatic rings. The van der Waals surface area contributed by atoms with Crippen LogP contribution in [0.15, 0.2) is 42.5 Å². The fourth-order valence-electron chi connectivity index (χ4n) is 1.61. The second-order valence-electron chi connectivity index (χ2n) is 3.26. The molecule has 0 aliphatic heterocycles. The summed E-state index contributed by atoms with van der Waals surface area (Å²) in [5.41, 5.74) is 1.43. The molecule has 1 aromatic rings. The molecule has 0 spiro atoms. The van der Waals surface area contributed by atoms with E-state index in [1.54, 1.807) is 5.92 Å². The van der Waals surface area contributed by atoms with Gasteiger partial charge in [0.25, 0.3) is 0 Å². The van der Waals surface area contributed by atoms with E-state index in [9.17, 15) is 0 Å². The van der Waals surface area contributed by atoms with Crippen LogP contribution in [0.1, 0.15) is 18.4 Å². The van der Waals surface area contributed by atoms with Crippen molar-refractivity contribution in [3.8, 4) is 0 Å². The smallest absolute Gasteiger partial charge is 0.00192 e.